The van der Waals surface area contributed by atoms with E-state index in [4.69, 9.17) is 0 Å². The lowest BCUT2D eigenvalue weighted by Gasteiger charge is -2.21. The van der Waals surface area contributed by atoms with Crippen LogP contribution in [0.3, 0.4) is 0 Å². The van der Waals surface area contributed by atoms with Gasteiger partial charge in [-0.1, -0.05) is 54.6 Å². The van der Waals surface area contributed by atoms with Crippen LogP contribution >= 0.6 is 0 Å². The van der Waals surface area contributed by atoms with Crippen molar-refractivity contribution in [3.05, 3.63) is 84.4 Å². The summed E-state index contributed by atoms with van der Waals surface area (Å²) < 4.78 is 55.5. The van der Waals surface area contributed by atoms with Crippen molar-refractivity contribution < 1.29 is 31.8 Å². The molecule has 0 aliphatic rings. The van der Waals surface area contributed by atoms with Crippen LogP contribution in [0.25, 0.3) is 11.1 Å². The number of sulfonamides is 1. The lowest BCUT2D eigenvalue weighted by atomic mass is 10.0. The molecule has 3 aromatic carbocycles. The van der Waals surface area contributed by atoms with Crippen molar-refractivity contribution in [2.45, 2.75) is 18.1 Å². The third-order valence-corrected chi connectivity index (χ3v) is 6.22. The fourth-order valence-corrected chi connectivity index (χ4v) is 4.33. The molecule has 0 spiro atoms. The molecule has 162 valence electrons. The van der Waals surface area contributed by atoms with Crippen LogP contribution in [0.1, 0.15) is 5.56 Å². The van der Waals surface area contributed by atoms with Gasteiger partial charge in [0, 0.05) is 6.54 Å². The summed E-state index contributed by atoms with van der Waals surface area (Å²) in [5, 5.41) is 9.20. The Morgan fingerprint density at radius 3 is 2.03 bits per heavy atom. The SMILES string of the molecule is O=C(O)CN(Cc1ccc(-c2ccccc2)cc1)S(=O)(=O)c1ccc(OC(F)F)cc1. The van der Waals surface area contributed by atoms with E-state index < -0.39 is 29.1 Å². The van der Waals surface area contributed by atoms with Gasteiger partial charge in [0.05, 0.1) is 4.90 Å². The van der Waals surface area contributed by atoms with Crippen molar-refractivity contribution >= 4 is 16.0 Å². The zero-order valence-corrected chi connectivity index (χ0v) is 17.0. The van der Waals surface area contributed by atoms with Gasteiger partial charge in [0.1, 0.15) is 12.3 Å². The first-order valence-corrected chi connectivity index (χ1v) is 10.6. The molecule has 0 aromatic heterocycles. The van der Waals surface area contributed by atoms with Crippen LogP contribution in [0, 0.1) is 0 Å². The zero-order chi connectivity index (χ0) is 22.4. The Kier molecular flexibility index (Phi) is 6.98. The maximum atomic E-state index is 13.0. The molecule has 3 aromatic rings. The average molecular weight is 447 g/mol. The van der Waals surface area contributed by atoms with Crippen molar-refractivity contribution in [3.63, 3.8) is 0 Å². The number of carboxylic acids is 1. The quantitative estimate of drug-likeness (QED) is 0.531. The largest absolute Gasteiger partial charge is 0.480 e. The molecular formula is C22H19F2NO5S. The molecule has 0 heterocycles. The summed E-state index contributed by atoms with van der Waals surface area (Å²) in [6.45, 7) is -3.96. The van der Waals surface area contributed by atoms with Gasteiger partial charge in [-0.2, -0.15) is 13.1 Å². The van der Waals surface area contributed by atoms with Crippen LogP contribution in [-0.2, 0) is 21.4 Å². The number of ether oxygens (including phenoxy) is 1. The number of carboxylic acid groups (broad SMARTS) is 1. The highest BCUT2D eigenvalue weighted by molar-refractivity contribution is 7.89. The lowest BCUT2D eigenvalue weighted by Crippen LogP contribution is -2.35. The van der Waals surface area contributed by atoms with E-state index in [0.717, 1.165) is 39.7 Å². The summed E-state index contributed by atoms with van der Waals surface area (Å²) in [5.41, 5.74) is 2.53. The molecule has 6 nitrogen and oxygen atoms in total. The molecule has 0 bridgehead atoms. The summed E-state index contributed by atoms with van der Waals surface area (Å²) in [5.74, 6) is -1.52. The third-order valence-electron chi connectivity index (χ3n) is 4.42. The van der Waals surface area contributed by atoms with Gasteiger partial charge < -0.3 is 9.84 Å². The van der Waals surface area contributed by atoms with E-state index in [1.807, 2.05) is 42.5 Å². The van der Waals surface area contributed by atoms with Gasteiger partial charge in [-0.05, 0) is 41.0 Å². The number of nitrogens with zero attached hydrogens (tertiary/aromatic N) is 1. The number of rotatable bonds is 9. The molecule has 0 radical (unpaired) electrons. The van der Waals surface area contributed by atoms with Crippen LogP contribution in [0.4, 0.5) is 8.78 Å². The molecule has 3 rings (SSSR count). The molecule has 0 fully saturated rings. The molecule has 9 heteroatoms. The Labute approximate surface area is 178 Å². The second kappa shape index (κ2) is 9.67. The Balaban J connectivity index is 1.83. The van der Waals surface area contributed by atoms with Gasteiger partial charge in [-0.15, -0.1) is 0 Å². The predicted molar refractivity (Wildman–Crippen MR) is 110 cm³/mol. The summed E-state index contributed by atoms with van der Waals surface area (Å²) in [6, 6.07) is 21.1. The molecule has 0 atom stereocenters. The zero-order valence-electron chi connectivity index (χ0n) is 16.2. The highest BCUT2D eigenvalue weighted by Crippen LogP contribution is 2.24. The van der Waals surface area contributed by atoms with E-state index in [2.05, 4.69) is 4.74 Å². The minimum absolute atomic E-state index is 0.168. The average Bonchev–Trinajstić information content (AvgIpc) is 2.74. The van der Waals surface area contributed by atoms with Crippen molar-refractivity contribution in [2.75, 3.05) is 6.54 Å². The number of hydrogen-bond donors (Lipinski definition) is 1. The smallest absolute Gasteiger partial charge is 0.387 e. The van der Waals surface area contributed by atoms with Crippen LogP contribution in [-0.4, -0.2) is 37.0 Å². The van der Waals surface area contributed by atoms with E-state index >= 15 is 0 Å². The second-order valence-electron chi connectivity index (χ2n) is 6.58. The maximum Gasteiger partial charge on any atom is 0.387 e. The number of carbonyl (C=O) groups is 1. The summed E-state index contributed by atoms with van der Waals surface area (Å²) in [4.78, 5) is 11.1. The van der Waals surface area contributed by atoms with Gasteiger partial charge >= 0.3 is 12.6 Å². The van der Waals surface area contributed by atoms with Crippen molar-refractivity contribution in [1.82, 2.24) is 4.31 Å². The van der Waals surface area contributed by atoms with Crippen LogP contribution < -0.4 is 4.74 Å². The van der Waals surface area contributed by atoms with E-state index in [9.17, 15) is 27.1 Å². The summed E-state index contributed by atoms with van der Waals surface area (Å²) in [6.07, 6.45) is 0. The molecule has 31 heavy (non-hydrogen) atoms. The monoisotopic (exact) mass is 447 g/mol. The van der Waals surface area contributed by atoms with Gasteiger partial charge in [-0.3, -0.25) is 4.79 Å². The van der Waals surface area contributed by atoms with Crippen molar-refractivity contribution in [1.29, 1.82) is 0 Å². The number of hydrogen-bond acceptors (Lipinski definition) is 4. The Morgan fingerprint density at radius 1 is 0.903 bits per heavy atom. The van der Waals surface area contributed by atoms with Crippen molar-refractivity contribution in [2.24, 2.45) is 0 Å². The fourth-order valence-electron chi connectivity index (χ4n) is 2.96. The molecule has 0 amide bonds. The minimum atomic E-state index is -4.19. The molecule has 0 saturated carbocycles. The Morgan fingerprint density at radius 2 is 1.48 bits per heavy atom. The van der Waals surface area contributed by atoms with E-state index in [0.29, 0.717) is 5.56 Å². The normalized spacial score (nSPS) is 11.6. The number of alkyl halides is 2. The first kappa shape index (κ1) is 22.4. The van der Waals surface area contributed by atoms with Gasteiger partial charge in [0.15, 0.2) is 0 Å². The minimum Gasteiger partial charge on any atom is -0.480 e. The first-order chi connectivity index (χ1) is 14.8. The summed E-state index contributed by atoms with van der Waals surface area (Å²) >= 11 is 0. The van der Waals surface area contributed by atoms with Gasteiger partial charge in [0.25, 0.3) is 0 Å². The molecule has 1 N–H and O–H groups in total. The molecule has 0 saturated heterocycles. The van der Waals surface area contributed by atoms with Crippen LogP contribution in [0.5, 0.6) is 5.75 Å². The second-order valence-corrected chi connectivity index (χ2v) is 8.52. The summed E-state index contributed by atoms with van der Waals surface area (Å²) in [7, 11) is -4.19. The Bertz CT molecular complexity index is 1120. The van der Waals surface area contributed by atoms with Crippen LogP contribution in [0.15, 0.2) is 83.8 Å². The van der Waals surface area contributed by atoms with E-state index in [1.165, 1.54) is 0 Å². The van der Waals surface area contributed by atoms with Crippen molar-refractivity contribution in [3.8, 4) is 16.9 Å². The molecule has 0 unspecified atom stereocenters. The lowest BCUT2D eigenvalue weighted by molar-refractivity contribution is -0.137. The number of aliphatic carboxylic acids is 1. The van der Waals surface area contributed by atoms with Gasteiger partial charge in [-0.25, -0.2) is 8.42 Å². The van der Waals surface area contributed by atoms with Gasteiger partial charge in [0.2, 0.25) is 10.0 Å². The standard InChI is InChI=1S/C22H19F2NO5S/c23-22(24)30-19-10-12-20(13-11-19)31(28,29)25(15-21(26)27)14-16-6-8-18(9-7-16)17-4-2-1-3-5-17/h1-13,22H,14-15H2,(H,26,27). The maximum absolute atomic E-state index is 13.0. The fraction of sp³-hybridized carbons (Fsp3) is 0.136. The van der Waals surface area contributed by atoms with Crippen LogP contribution in [0.2, 0.25) is 0 Å². The first-order valence-electron chi connectivity index (χ1n) is 9.17. The number of benzene rings is 3. The Hall–Kier alpha value is -3.30. The number of halogens is 2. The highest BCUT2D eigenvalue weighted by atomic mass is 32.2. The predicted octanol–water partition coefficient (Wildman–Crippen LogP) is 4.23. The topological polar surface area (TPSA) is 83.9 Å². The highest BCUT2D eigenvalue weighted by Gasteiger charge is 2.27. The molecule has 0 aliphatic heterocycles. The third kappa shape index (κ3) is 5.87. The van der Waals surface area contributed by atoms with E-state index in [1.54, 1.807) is 12.1 Å². The van der Waals surface area contributed by atoms with E-state index in [-0.39, 0.29) is 17.2 Å². The molecular weight excluding hydrogens is 428 g/mol. The molecule has 0 aliphatic carbocycles.